The van der Waals surface area contributed by atoms with Crippen LogP contribution in [0.5, 0.6) is 0 Å². The molecule has 0 aromatic rings. The molecule has 8 nitrogen and oxygen atoms in total. The summed E-state index contributed by atoms with van der Waals surface area (Å²) in [7, 11) is 0. The van der Waals surface area contributed by atoms with Crippen LogP contribution in [0.1, 0.15) is 26.2 Å². The molecule has 1 heterocycles. The van der Waals surface area contributed by atoms with Crippen molar-refractivity contribution in [1.82, 2.24) is 10.2 Å². The van der Waals surface area contributed by atoms with Crippen LogP contribution in [-0.4, -0.2) is 62.9 Å². The Morgan fingerprint density at radius 3 is 2.47 bits per heavy atom. The van der Waals surface area contributed by atoms with Crippen LogP contribution in [0.2, 0.25) is 0 Å². The van der Waals surface area contributed by atoms with Crippen LogP contribution in [0, 0.1) is 0 Å². The van der Waals surface area contributed by atoms with Crippen LogP contribution < -0.4 is 5.32 Å². The lowest BCUT2D eigenvalue weighted by Crippen LogP contribution is -2.55. The molecule has 19 heavy (non-hydrogen) atoms. The number of β-amino-alcohol motifs (C(OH)–C–C–N with tert-alkyl or cyclic N) is 1. The molecule has 0 radical (unpaired) electrons. The van der Waals surface area contributed by atoms with Gasteiger partial charge >= 0.3 is 18.0 Å². The molecular formula is C11H18N2O6. The third-order valence-electron chi connectivity index (χ3n) is 2.94. The van der Waals surface area contributed by atoms with E-state index < -0.39 is 36.0 Å². The molecule has 0 aromatic heterocycles. The van der Waals surface area contributed by atoms with Crippen LogP contribution in [0.25, 0.3) is 0 Å². The first-order chi connectivity index (χ1) is 8.71. The van der Waals surface area contributed by atoms with Gasteiger partial charge in [0.15, 0.2) is 0 Å². The van der Waals surface area contributed by atoms with Crippen molar-refractivity contribution in [2.24, 2.45) is 0 Å². The molecule has 0 spiro atoms. The molecule has 2 amide bonds. The maximum Gasteiger partial charge on any atom is 0.326 e. The Hall–Kier alpha value is -1.83. The summed E-state index contributed by atoms with van der Waals surface area (Å²) in [5.74, 6) is -2.71. The zero-order chi connectivity index (χ0) is 14.6. The monoisotopic (exact) mass is 274 g/mol. The highest BCUT2D eigenvalue weighted by molar-refractivity contribution is 5.86. The zero-order valence-corrected chi connectivity index (χ0v) is 10.6. The quantitative estimate of drug-likeness (QED) is 0.546. The maximum atomic E-state index is 11.8. The van der Waals surface area contributed by atoms with Crippen molar-refractivity contribution in [3.63, 3.8) is 0 Å². The van der Waals surface area contributed by atoms with E-state index in [1.54, 1.807) is 6.92 Å². The molecule has 1 fully saturated rings. The Balaban J connectivity index is 2.61. The van der Waals surface area contributed by atoms with Crippen LogP contribution in [-0.2, 0) is 9.59 Å². The van der Waals surface area contributed by atoms with E-state index in [0.29, 0.717) is 19.4 Å². The summed E-state index contributed by atoms with van der Waals surface area (Å²) in [5.41, 5.74) is -0.999. The average molecular weight is 274 g/mol. The van der Waals surface area contributed by atoms with E-state index in [1.165, 1.54) is 4.90 Å². The molecule has 1 saturated heterocycles. The second-order valence-corrected chi connectivity index (χ2v) is 4.96. The van der Waals surface area contributed by atoms with Gasteiger partial charge in [-0.1, -0.05) is 0 Å². The van der Waals surface area contributed by atoms with Crippen molar-refractivity contribution in [3.05, 3.63) is 0 Å². The first kappa shape index (κ1) is 15.2. The summed E-state index contributed by atoms with van der Waals surface area (Å²) in [4.78, 5) is 34.5. The Morgan fingerprint density at radius 2 is 2.00 bits per heavy atom. The van der Waals surface area contributed by atoms with Gasteiger partial charge in [0.1, 0.15) is 6.04 Å². The first-order valence-corrected chi connectivity index (χ1v) is 5.94. The van der Waals surface area contributed by atoms with Gasteiger partial charge in [-0.05, 0) is 19.8 Å². The van der Waals surface area contributed by atoms with Gasteiger partial charge in [-0.15, -0.1) is 0 Å². The number of carboxylic acids is 2. The minimum atomic E-state index is -1.48. The van der Waals surface area contributed by atoms with E-state index in [9.17, 15) is 19.5 Å². The molecule has 0 aromatic carbocycles. The molecule has 1 unspecified atom stereocenters. The molecule has 108 valence electrons. The Kier molecular flexibility index (Phi) is 4.71. The number of carbonyl (C=O) groups is 3. The summed E-state index contributed by atoms with van der Waals surface area (Å²) in [6, 6.07) is -2.15. The second kappa shape index (κ2) is 5.87. The van der Waals surface area contributed by atoms with E-state index >= 15 is 0 Å². The van der Waals surface area contributed by atoms with E-state index in [-0.39, 0.29) is 6.54 Å². The lowest BCUT2D eigenvalue weighted by atomic mass is 9.95. The van der Waals surface area contributed by atoms with Crippen molar-refractivity contribution < 1.29 is 29.7 Å². The predicted octanol–water partition coefficient (Wildman–Crippen LogP) is -0.529. The third-order valence-corrected chi connectivity index (χ3v) is 2.94. The van der Waals surface area contributed by atoms with Gasteiger partial charge in [0.2, 0.25) is 0 Å². The first-order valence-electron chi connectivity index (χ1n) is 5.94. The zero-order valence-electron chi connectivity index (χ0n) is 10.6. The Bertz CT molecular complexity index is 381. The largest absolute Gasteiger partial charge is 0.481 e. The van der Waals surface area contributed by atoms with Gasteiger partial charge < -0.3 is 25.5 Å². The summed E-state index contributed by atoms with van der Waals surface area (Å²) in [6.07, 6.45) is 0.483. The van der Waals surface area contributed by atoms with Gasteiger partial charge in [0.05, 0.1) is 18.6 Å². The minimum Gasteiger partial charge on any atom is -0.481 e. The highest BCUT2D eigenvalue weighted by atomic mass is 16.4. The fraction of sp³-hybridized carbons (Fsp3) is 0.727. The number of nitrogens with one attached hydrogen (secondary N) is 1. The number of piperidine rings is 1. The average Bonchev–Trinajstić information content (AvgIpc) is 2.25. The standard InChI is InChI=1S/C11H18N2O6/c1-11(19)3-2-4-13(6-11)10(18)12-7(9(16)17)5-8(14)15/h7,19H,2-6H2,1H3,(H,12,18)(H,14,15)(H,16,17)/t7-,11?/m0/s1. The number of hydrogen-bond acceptors (Lipinski definition) is 4. The van der Waals surface area contributed by atoms with Crippen molar-refractivity contribution in [3.8, 4) is 0 Å². The van der Waals surface area contributed by atoms with E-state index in [4.69, 9.17) is 10.2 Å². The van der Waals surface area contributed by atoms with Gasteiger partial charge in [-0.2, -0.15) is 0 Å². The molecule has 0 aliphatic carbocycles. The van der Waals surface area contributed by atoms with Crippen LogP contribution >= 0.6 is 0 Å². The van der Waals surface area contributed by atoms with Crippen LogP contribution in [0.3, 0.4) is 0 Å². The highest BCUT2D eigenvalue weighted by Crippen LogP contribution is 2.20. The lowest BCUT2D eigenvalue weighted by molar-refractivity contribution is -0.145. The number of urea groups is 1. The molecule has 0 bridgehead atoms. The van der Waals surface area contributed by atoms with E-state index in [1.807, 2.05) is 0 Å². The molecule has 8 heteroatoms. The van der Waals surface area contributed by atoms with Gasteiger partial charge in [-0.25, -0.2) is 9.59 Å². The lowest BCUT2D eigenvalue weighted by Gasteiger charge is -2.37. The number of aliphatic carboxylic acids is 2. The number of amides is 2. The topological polar surface area (TPSA) is 127 Å². The molecule has 4 N–H and O–H groups in total. The Morgan fingerprint density at radius 1 is 1.37 bits per heavy atom. The summed E-state index contributed by atoms with van der Waals surface area (Å²) in [5, 5.41) is 29.4. The third kappa shape index (κ3) is 4.74. The number of aliphatic hydroxyl groups is 1. The Labute approximate surface area is 110 Å². The number of carboxylic acid groups (broad SMARTS) is 2. The van der Waals surface area contributed by atoms with Crippen LogP contribution in [0.15, 0.2) is 0 Å². The molecule has 2 atom stereocenters. The minimum absolute atomic E-state index is 0.0955. The second-order valence-electron chi connectivity index (χ2n) is 4.96. The summed E-state index contributed by atoms with van der Waals surface area (Å²) < 4.78 is 0. The number of hydrogen-bond donors (Lipinski definition) is 4. The van der Waals surface area contributed by atoms with Gasteiger partial charge in [0.25, 0.3) is 0 Å². The SMILES string of the molecule is CC1(O)CCCN(C(=O)N[C@@H](CC(=O)O)C(=O)O)C1. The summed E-state index contributed by atoms with van der Waals surface area (Å²) in [6.45, 7) is 2.10. The molecule has 1 aliphatic heterocycles. The molecule has 1 aliphatic rings. The van der Waals surface area contributed by atoms with Crippen molar-refractivity contribution >= 4 is 18.0 Å². The fourth-order valence-electron chi connectivity index (χ4n) is 2.01. The smallest absolute Gasteiger partial charge is 0.326 e. The summed E-state index contributed by atoms with van der Waals surface area (Å²) >= 11 is 0. The predicted molar refractivity (Wildman–Crippen MR) is 63.6 cm³/mol. The van der Waals surface area contributed by atoms with Gasteiger partial charge in [-0.3, -0.25) is 4.79 Å². The maximum absolute atomic E-state index is 11.8. The normalized spacial score (nSPS) is 24.6. The number of nitrogens with zero attached hydrogens (tertiary/aromatic N) is 1. The van der Waals surface area contributed by atoms with Crippen molar-refractivity contribution in [2.45, 2.75) is 37.8 Å². The van der Waals surface area contributed by atoms with Crippen molar-refractivity contribution in [1.29, 1.82) is 0 Å². The van der Waals surface area contributed by atoms with E-state index in [0.717, 1.165) is 0 Å². The number of likely N-dealkylation sites (tertiary alicyclic amines) is 1. The molecular weight excluding hydrogens is 256 g/mol. The van der Waals surface area contributed by atoms with Gasteiger partial charge in [0, 0.05) is 6.54 Å². The van der Waals surface area contributed by atoms with Crippen molar-refractivity contribution in [2.75, 3.05) is 13.1 Å². The molecule has 0 saturated carbocycles. The van der Waals surface area contributed by atoms with E-state index in [2.05, 4.69) is 5.32 Å². The fourth-order valence-corrected chi connectivity index (χ4v) is 2.01. The van der Waals surface area contributed by atoms with Crippen LogP contribution in [0.4, 0.5) is 4.79 Å². The molecule has 1 rings (SSSR count). The highest BCUT2D eigenvalue weighted by Gasteiger charge is 2.33. The number of carbonyl (C=O) groups excluding carboxylic acids is 1. The number of rotatable bonds is 4.